The zero-order chi connectivity index (χ0) is 11.3. The Hall–Kier alpha value is -2.04. The summed E-state index contributed by atoms with van der Waals surface area (Å²) in [6.07, 6.45) is 0. The number of benzene rings is 1. The van der Waals surface area contributed by atoms with E-state index >= 15 is 0 Å². The van der Waals surface area contributed by atoms with Gasteiger partial charge in [0.1, 0.15) is 0 Å². The average molecular weight is 219 g/mol. The smallest absolute Gasteiger partial charge is 0.299 e. The van der Waals surface area contributed by atoms with Gasteiger partial charge in [0.05, 0.1) is 11.3 Å². The van der Waals surface area contributed by atoms with Crippen LogP contribution in [0.4, 0.5) is 5.69 Å². The molecule has 0 spiro atoms. The molecule has 2 heterocycles. The highest BCUT2D eigenvalue weighted by Gasteiger charge is 2.37. The van der Waals surface area contributed by atoms with Crippen LogP contribution >= 0.6 is 0 Å². The molecule has 0 aromatic heterocycles. The van der Waals surface area contributed by atoms with E-state index < -0.39 is 11.7 Å². The van der Waals surface area contributed by atoms with Gasteiger partial charge in [-0.2, -0.15) is 0 Å². The number of amides is 1. The molecular weight excluding hydrogens is 210 g/mol. The average Bonchev–Trinajstić information content (AvgIpc) is 2.82. The normalized spacial score (nSPS) is 16.9. The highest BCUT2D eigenvalue weighted by molar-refractivity contribution is 6.52. The molecule has 0 atom stereocenters. The summed E-state index contributed by atoms with van der Waals surface area (Å²) < 4.78 is 10.4. The molecule has 1 aromatic carbocycles. The molecule has 0 N–H and O–H groups in total. The molecule has 2 aliphatic heterocycles. The van der Waals surface area contributed by atoms with Crippen LogP contribution in [0.3, 0.4) is 0 Å². The lowest BCUT2D eigenvalue weighted by atomic mass is 10.1. The first-order valence-corrected chi connectivity index (χ1v) is 5.02. The van der Waals surface area contributed by atoms with Crippen LogP contribution in [-0.2, 0) is 4.79 Å². The van der Waals surface area contributed by atoms with E-state index in [0.717, 1.165) is 0 Å². The number of carbonyl (C=O) groups is 2. The molecule has 3 rings (SSSR count). The van der Waals surface area contributed by atoms with Crippen LogP contribution in [0.2, 0.25) is 0 Å². The van der Waals surface area contributed by atoms with Crippen LogP contribution in [0.5, 0.6) is 11.5 Å². The van der Waals surface area contributed by atoms with Gasteiger partial charge in [-0.05, 0) is 13.0 Å². The van der Waals surface area contributed by atoms with Crippen LogP contribution in [0.15, 0.2) is 12.1 Å². The molecule has 0 fully saturated rings. The Morgan fingerprint density at radius 1 is 1.25 bits per heavy atom. The van der Waals surface area contributed by atoms with E-state index in [1.165, 1.54) is 4.90 Å². The van der Waals surface area contributed by atoms with Crippen LogP contribution in [0.1, 0.15) is 17.3 Å². The molecule has 0 saturated carbocycles. The van der Waals surface area contributed by atoms with E-state index in [1.54, 1.807) is 12.1 Å². The number of hydrogen-bond acceptors (Lipinski definition) is 4. The first-order chi connectivity index (χ1) is 7.72. The molecule has 1 aromatic rings. The van der Waals surface area contributed by atoms with Gasteiger partial charge in [0.2, 0.25) is 6.79 Å². The molecule has 5 heteroatoms. The van der Waals surface area contributed by atoms with Crippen molar-refractivity contribution in [2.75, 3.05) is 18.2 Å². The van der Waals surface area contributed by atoms with Crippen molar-refractivity contribution in [1.29, 1.82) is 0 Å². The number of ketones is 1. The molecule has 0 bridgehead atoms. The predicted molar refractivity (Wildman–Crippen MR) is 54.9 cm³/mol. The van der Waals surface area contributed by atoms with Crippen molar-refractivity contribution in [2.45, 2.75) is 6.92 Å². The Bertz CT molecular complexity index is 509. The number of anilines is 1. The van der Waals surface area contributed by atoms with E-state index in [-0.39, 0.29) is 6.79 Å². The minimum absolute atomic E-state index is 0.159. The van der Waals surface area contributed by atoms with Crippen LogP contribution in [-0.4, -0.2) is 25.0 Å². The number of carbonyl (C=O) groups excluding carboxylic acids is 2. The van der Waals surface area contributed by atoms with E-state index in [0.29, 0.717) is 29.3 Å². The third-order valence-electron chi connectivity index (χ3n) is 2.78. The quantitative estimate of drug-likeness (QED) is 0.660. The highest BCUT2D eigenvalue weighted by atomic mass is 16.7. The maximum absolute atomic E-state index is 11.7. The maximum atomic E-state index is 11.7. The van der Waals surface area contributed by atoms with Gasteiger partial charge in [0.15, 0.2) is 11.5 Å². The molecule has 0 aliphatic carbocycles. The fourth-order valence-electron chi connectivity index (χ4n) is 2.00. The fraction of sp³-hybridized carbons (Fsp3) is 0.273. The lowest BCUT2D eigenvalue weighted by Crippen LogP contribution is -2.29. The minimum atomic E-state index is -0.485. The minimum Gasteiger partial charge on any atom is -0.454 e. The summed E-state index contributed by atoms with van der Waals surface area (Å²) in [6.45, 7) is 2.45. The van der Waals surface area contributed by atoms with Crippen molar-refractivity contribution in [1.82, 2.24) is 0 Å². The standard InChI is InChI=1S/C11H9NO4/c1-2-12-7-4-9-8(15-5-16-9)3-6(7)10(13)11(12)14/h3-4H,2,5H2,1H3. The molecule has 0 saturated heterocycles. The van der Waals surface area contributed by atoms with Gasteiger partial charge in [-0.3, -0.25) is 9.59 Å². The van der Waals surface area contributed by atoms with E-state index in [1.807, 2.05) is 6.92 Å². The summed E-state index contributed by atoms with van der Waals surface area (Å²) in [5.74, 6) is 0.147. The SMILES string of the molecule is CCN1C(=O)C(=O)c2cc3c(cc21)OCO3. The molecule has 5 nitrogen and oxygen atoms in total. The van der Waals surface area contributed by atoms with Crippen molar-refractivity contribution in [3.63, 3.8) is 0 Å². The van der Waals surface area contributed by atoms with Crippen LogP contribution < -0.4 is 14.4 Å². The van der Waals surface area contributed by atoms with Crippen LogP contribution in [0, 0.1) is 0 Å². The monoisotopic (exact) mass is 219 g/mol. The second-order valence-electron chi connectivity index (χ2n) is 3.60. The zero-order valence-corrected chi connectivity index (χ0v) is 8.65. The van der Waals surface area contributed by atoms with Gasteiger partial charge in [0, 0.05) is 12.6 Å². The van der Waals surface area contributed by atoms with Gasteiger partial charge in [-0.15, -0.1) is 0 Å². The largest absolute Gasteiger partial charge is 0.454 e. The van der Waals surface area contributed by atoms with Gasteiger partial charge in [0.25, 0.3) is 11.7 Å². The van der Waals surface area contributed by atoms with Crippen molar-refractivity contribution in [2.24, 2.45) is 0 Å². The number of likely N-dealkylation sites (N-methyl/N-ethyl adjacent to an activating group) is 1. The fourth-order valence-corrected chi connectivity index (χ4v) is 2.00. The second kappa shape index (κ2) is 2.98. The summed E-state index contributed by atoms with van der Waals surface area (Å²) in [5.41, 5.74) is 1.01. The van der Waals surface area contributed by atoms with Gasteiger partial charge < -0.3 is 14.4 Å². The Kier molecular flexibility index (Phi) is 1.71. The van der Waals surface area contributed by atoms with Crippen molar-refractivity contribution < 1.29 is 19.1 Å². The molecule has 1 amide bonds. The Morgan fingerprint density at radius 3 is 2.62 bits per heavy atom. The summed E-state index contributed by atoms with van der Waals surface area (Å²) >= 11 is 0. The van der Waals surface area contributed by atoms with Crippen LogP contribution in [0.25, 0.3) is 0 Å². The number of ether oxygens (including phenoxy) is 2. The summed E-state index contributed by atoms with van der Waals surface area (Å²) in [6, 6.07) is 3.26. The lowest BCUT2D eigenvalue weighted by Gasteiger charge is -2.13. The van der Waals surface area contributed by atoms with Crippen molar-refractivity contribution >= 4 is 17.4 Å². The molecule has 0 unspecified atom stereocenters. The summed E-state index contributed by atoms with van der Waals surface area (Å²) in [5, 5.41) is 0. The molecule has 2 aliphatic rings. The predicted octanol–water partition coefficient (Wildman–Crippen LogP) is 0.965. The Labute approximate surface area is 91.6 Å². The third kappa shape index (κ3) is 0.997. The van der Waals surface area contributed by atoms with E-state index in [9.17, 15) is 9.59 Å². The number of nitrogens with zero attached hydrogens (tertiary/aromatic N) is 1. The Morgan fingerprint density at radius 2 is 1.94 bits per heavy atom. The first kappa shape index (κ1) is 9.21. The maximum Gasteiger partial charge on any atom is 0.299 e. The van der Waals surface area contributed by atoms with Crippen molar-refractivity contribution in [3.05, 3.63) is 17.7 Å². The number of rotatable bonds is 1. The first-order valence-electron chi connectivity index (χ1n) is 5.02. The summed E-state index contributed by atoms with van der Waals surface area (Å²) in [7, 11) is 0. The highest BCUT2D eigenvalue weighted by Crippen LogP contribution is 2.41. The van der Waals surface area contributed by atoms with Gasteiger partial charge in [-0.25, -0.2) is 0 Å². The number of hydrogen-bond donors (Lipinski definition) is 0. The molecule has 16 heavy (non-hydrogen) atoms. The molecular formula is C11H9NO4. The van der Waals surface area contributed by atoms with E-state index in [4.69, 9.17) is 9.47 Å². The molecule has 82 valence electrons. The lowest BCUT2D eigenvalue weighted by molar-refractivity contribution is -0.114. The van der Waals surface area contributed by atoms with Gasteiger partial charge in [-0.1, -0.05) is 0 Å². The van der Waals surface area contributed by atoms with E-state index in [2.05, 4.69) is 0 Å². The zero-order valence-electron chi connectivity index (χ0n) is 8.65. The molecule has 0 radical (unpaired) electrons. The van der Waals surface area contributed by atoms with Gasteiger partial charge >= 0.3 is 0 Å². The topological polar surface area (TPSA) is 55.8 Å². The summed E-state index contributed by atoms with van der Waals surface area (Å²) in [4.78, 5) is 24.7. The second-order valence-corrected chi connectivity index (χ2v) is 3.60. The number of Topliss-reactive ketones (excluding diaryl/α,β-unsaturated/α-hetero) is 1. The Balaban J connectivity index is 2.20. The third-order valence-corrected chi connectivity index (χ3v) is 2.78. The number of fused-ring (bicyclic) bond motifs is 2. The van der Waals surface area contributed by atoms with Crippen molar-refractivity contribution in [3.8, 4) is 11.5 Å².